The molecule has 0 aliphatic rings. The average molecular weight is 217 g/mol. The molecule has 0 amide bonds. The Bertz CT molecular complexity index is 460. The number of rotatable bonds is 4. The van der Waals surface area contributed by atoms with Crippen molar-refractivity contribution in [1.82, 2.24) is 0 Å². The number of carboxylic acid groups (broad SMARTS) is 1. The first kappa shape index (κ1) is 10.3. The van der Waals surface area contributed by atoms with Crippen molar-refractivity contribution >= 4 is 11.7 Å². The minimum atomic E-state index is -0.915. The Balaban J connectivity index is 1.98. The summed E-state index contributed by atoms with van der Waals surface area (Å²) in [6.45, 7) is 0.656. The van der Waals surface area contributed by atoms with Gasteiger partial charge in [-0.05, 0) is 30.3 Å². The Kier molecular flexibility index (Phi) is 2.91. The molecule has 2 N–H and O–H groups in total. The molecular weight excluding hydrogens is 206 g/mol. The number of hydrogen-bond acceptors (Lipinski definition) is 3. The van der Waals surface area contributed by atoms with Crippen LogP contribution in [0.25, 0.3) is 0 Å². The van der Waals surface area contributed by atoms with Crippen LogP contribution in [0.15, 0.2) is 47.3 Å². The van der Waals surface area contributed by atoms with E-state index in [0.717, 1.165) is 11.3 Å². The molecule has 2 aromatic rings. The number of furan rings is 1. The van der Waals surface area contributed by atoms with Gasteiger partial charge in [0.05, 0.1) is 18.1 Å². The van der Waals surface area contributed by atoms with Crippen LogP contribution in [0.2, 0.25) is 0 Å². The molecular formula is C12H11NO3. The summed E-state index contributed by atoms with van der Waals surface area (Å²) in [4.78, 5) is 10.6. The molecule has 0 atom stereocenters. The summed E-state index contributed by atoms with van der Waals surface area (Å²) in [5.74, 6) is -0.915. The summed E-state index contributed by atoms with van der Waals surface area (Å²) >= 11 is 0. The summed E-state index contributed by atoms with van der Waals surface area (Å²) in [5, 5.41) is 11.9. The summed E-state index contributed by atoms with van der Waals surface area (Å²) in [6, 6.07) is 8.49. The number of benzene rings is 1. The molecule has 0 fully saturated rings. The van der Waals surface area contributed by atoms with E-state index in [1.54, 1.807) is 36.8 Å². The van der Waals surface area contributed by atoms with Gasteiger partial charge in [-0.2, -0.15) is 0 Å². The Hall–Kier alpha value is -2.23. The van der Waals surface area contributed by atoms with E-state index in [-0.39, 0.29) is 5.56 Å². The van der Waals surface area contributed by atoms with Crippen LogP contribution >= 0.6 is 0 Å². The lowest BCUT2D eigenvalue weighted by atomic mass is 10.2. The van der Waals surface area contributed by atoms with Gasteiger partial charge in [-0.1, -0.05) is 0 Å². The van der Waals surface area contributed by atoms with Gasteiger partial charge in [-0.3, -0.25) is 0 Å². The van der Waals surface area contributed by atoms with Crippen molar-refractivity contribution in [2.24, 2.45) is 0 Å². The standard InChI is InChI=1S/C12H11NO3/c14-12(15)10-1-3-11(4-2-10)13-7-9-5-6-16-8-9/h1-6,8,13H,7H2,(H,14,15). The minimum Gasteiger partial charge on any atom is -0.478 e. The molecule has 2 rings (SSSR count). The SMILES string of the molecule is O=C(O)c1ccc(NCc2ccoc2)cc1. The van der Waals surface area contributed by atoms with Crippen molar-refractivity contribution in [3.63, 3.8) is 0 Å². The third kappa shape index (κ3) is 2.42. The van der Waals surface area contributed by atoms with Crippen LogP contribution in [0, 0.1) is 0 Å². The van der Waals surface area contributed by atoms with Gasteiger partial charge >= 0.3 is 5.97 Å². The van der Waals surface area contributed by atoms with Crippen LogP contribution in [0.4, 0.5) is 5.69 Å². The highest BCUT2D eigenvalue weighted by atomic mass is 16.4. The van der Waals surface area contributed by atoms with E-state index < -0.39 is 5.97 Å². The van der Waals surface area contributed by atoms with Gasteiger partial charge < -0.3 is 14.8 Å². The zero-order chi connectivity index (χ0) is 11.4. The fourth-order valence-electron chi connectivity index (χ4n) is 1.33. The Labute approximate surface area is 92.5 Å². The number of carboxylic acids is 1. The lowest BCUT2D eigenvalue weighted by molar-refractivity contribution is 0.0697. The minimum absolute atomic E-state index is 0.286. The van der Waals surface area contributed by atoms with E-state index in [1.807, 2.05) is 6.07 Å². The topological polar surface area (TPSA) is 62.5 Å². The largest absolute Gasteiger partial charge is 0.478 e. The smallest absolute Gasteiger partial charge is 0.335 e. The maximum absolute atomic E-state index is 10.6. The number of hydrogen-bond donors (Lipinski definition) is 2. The van der Waals surface area contributed by atoms with Crippen molar-refractivity contribution < 1.29 is 14.3 Å². The van der Waals surface area contributed by atoms with Crippen LogP contribution < -0.4 is 5.32 Å². The molecule has 16 heavy (non-hydrogen) atoms. The first-order valence-corrected chi connectivity index (χ1v) is 4.84. The lowest BCUT2D eigenvalue weighted by Crippen LogP contribution is -1.99. The molecule has 4 nitrogen and oxygen atoms in total. The second-order valence-electron chi connectivity index (χ2n) is 3.37. The third-order valence-corrected chi connectivity index (χ3v) is 2.21. The second-order valence-corrected chi connectivity index (χ2v) is 3.37. The molecule has 82 valence electrons. The summed E-state index contributed by atoms with van der Waals surface area (Å²) in [6.07, 6.45) is 3.28. The molecule has 0 saturated heterocycles. The molecule has 0 unspecified atom stereocenters. The normalized spacial score (nSPS) is 10.0. The fourth-order valence-corrected chi connectivity index (χ4v) is 1.33. The van der Waals surface area contributed by atoms with E-state index >= 15 is 0 Å². The van der Waals surface area contributed by atoms with Crippen LogP contribution in [0.5, 0.6) is 0 Å². The number of carbonyl (C=O) groups is 1. The highest BCUT2D eigenvalue weighted by molar-refractivity contribution is 5.87. The third-order valence-electron chi connectivity index (χ3n) is 2.21. The predicted octanol–water partition coefficient (Wildman–Crippen LogP) is 2.59. The quantitative estimate of drug-likeness (QED) is 0.826. The fraction of sp³-hybridized carbons (Fsp3) is 0.0833. The van der Waals surface area contributed by atoms with Gasteiger partial charge in [0.25, 0.3) is 0 Å². The van der Waals surface area contributed by atoms with E-state index in [0.29, 0.717) is 6.54 Å². The average Bonchev–Trinajstić information content (AvgIpc) is 2.80. The van der Waals surface area contributed by atoms with Crippen molar-refractivity contribution in [3.05, 3.63) is 54.0 Å². The first-order valence-electron chi connectivity index (χ1n) is 4.84. The van der Waals surface area contributed by atoms with E-state index in [4.69, 9.17) is 9.52 Å². The Morgan fingerprint density at radius 1 is 1.25 bits per heavy atom. The molecule has 0 aliphatic heterocycles. The summed E-state index contributed by atoms with van der Waals surface area (Å²) in [5.41, 5.74) is 2.21. The van der Waals surface area contributed by atoms with Gasteiger partial charge in [-0.15, -0.1) is 0 Å². The molecule has 0 aliphatic carbocycles. The molecule has 1 aromatic carbocycles. The number of anilines is 1. The van der Waals surface area contributed by atoms with Gasteiger partial charge in [0.15, 0.2) is 0 Å². The summed E-state index contributed by atoms with van der Waals surface area (Å²) < 4.78 is 4.94. The monoisotopic (exact) mass is 217 g/mol. The van der Waals surface area contributed by atoms with Crippen LogP contribution in [0.3, 0.4) is 0 Å². The van der Waals surface area contributed by atoms with Crippen molar-refractivity contribution in [2.75, 3.05) is 5.32 Å². The van der Waals surface area contributed by atoms with Crippen molar-refractivity contribution in [3.8, 4) is 0 Å². The Morgan fingerprint density at radius 2 is 2.00 bits per heavy atom. The van der Waals surface area contributed by atoms with Gasteiger partial charge in [0.1, 0.15) is 0 Å². The van der Waals surface area contributed by atoms with Crippen molar-refractivity contribution in [1.29, 1.82) is 0 Å². The Morgan fingerprint density at radius 3 is 2.56 bits per heavy atom. The summed E-state index contributed by atoms with van der Waals surface area (Å²) in [7, 11) is 0. The molecule has 0 radical (unpaired) electrons. The molecule has 0 spiro atoms. The number of nitrogens with one attached hydrogen (secondary N) is 1. The highest BCUT2D eigenvalue weighted by Gasteiger charge is 2.01. The highest BCUT2D eigenvalue weighted by Crippen LogP contribution is 2.11. The van der Waals surface area contributed by atoms with E-state index in [2.05, 4.69) is 5.32 Å². The van der Waals surface area contributed by atoms with Gasteiger partial charge in [0.2, 0.25) is 0 Å². The maximum Gasteiger partial charge on any atom is 0.335 e. The van der Waals surface area contributed by atoms with Crippen LogP contribution in [0.1, 0.15) is 15.9 Å². The van der Waals surface area contributed by atoms with Crippen molar-refractivity contribution in [2.45, 2.75) is 6.54 Å². The molecule has 0 bridgehead atoms. The van der Waals surface area contributed by atoms with Crippen LogP contribution in [-0.2, 0) is 6.54 Å². The first-order chi connectivity index (χ1) is 7.75. The maximum atomic E-state index is 10.6. The lowest BCUT2D eigenvalue weighted by Gasteiger charge is -2.04. The molecule has 4 heteroatoms. The molecule has 1 heterocycles. The molecule has 0 saturated carbocycles. The predicted molar refractivity (Wildman–Crippen MR) is 59.4 cm³/mol. The zero-order valence-corrected chi connectivity index (χ0v) is 8.51. The van der Waals surface area contributed by atoms with Gasteiger partial charge in [-0.25, -0.2) is 4.79 Å². The van der Waals surface area contributed by atoms with Gasteiger partial charge in [0, 0.05) is 17.8 Å². The molecule has 1 aromatic heterocycles. The van der Waals surface area contributed by atoms with E-state index in [1.165, 1.54) is 0 Å². The second kappa shape index (κ2) is 4.53. The van der Waals surface area contributed by atoms with Crippen LogP contribution in [-0.4, -0.2) is 11.1 Å². The number of aromatic carboxylic acids is 1. The van der Waals surface area contributed by atoms with E-state index in [9.17, 15) is 4.79 Å². The zero-order valence-electron chi connectivity index (χ0n) is 8.51.